The van der Waals surface area contributed by atoms with Crippen LogP contribution in [0.4, 0.5) is 0 Å². The van der Waals surface area contributed by atoms with Gasteiger partial charge in [0.15, 0.2) is 5.82 Å². The Hall–Kier alpha value is -1.04. The van der Waals surface area contributed by atoms with Crippen molar-refractivity contribution in [1.29, 1.82) is 0 Å². The lowest BCUT2D eigenvalue weighted by atomic mass is 10.4. The molecule has 1 aromatic carbocycles. The second-order valence-corrected chi connectivity index (χ2v) is 4.95. The zero-order valence-corrected chi connectivity index (χ0v) is 10.7. The van der Waals surface area contributed by atoms with Crippen LogP contribution in [0.25, 0.3) is 0 Å². The summed E-state index contributed by atoms with van der Waals surface area (Å²) in [6, 6.07) is 7.54. The first-order valence-electron chi connectivity index (χ1n) is 5.04. The van der Waals surface area contributed by atoms with E-state index in [0.717, 1.165) is 4.90 Å². The smallest absolute Gasteiger partial charge is 0.255 e. The number of nitrogens with zero attached hydrogens (tertiary/aromatic N) is 2. The van der Waals surface area contributed by atoms with Crippen molar-refractivity contribution in [1.82, 2.24) is 10.1 Å². The van der Waals surface area contributed by atoms with E-state index in [1.165, 1.54) is 0 Å². The topological polar surface area (TPSA) is 59.2 Å². The fraction of sp³-hybridized carbons (Fsp3) is 0.273. The van der Waals surface area contributed by atoms with Crippen LogP contribution < -0.4 is 0 Å². The van der Waals surface area contributed by atoms with E-state index in [0.29, 0.717) is 16.6 Å². The van der Waals surface area contributed by atoms with Crippen LogP contribution in [0.15, 0.2) is 33.7 Å². The summed E-state index contributed by atoms with van der Waals surface area (Å²) in [5, 5.41) is 13.7. The predicted molar refractivity (Wildman–Crippen MR) is 65.9 cm³/mol. The second-order valence-electron chi connectivity index (χ2n) is 3.47. The summed E-state index contributed by atoms with van der Waals surface area (Å²) >= 11 is 7.37. The zero-order chi connectivity index (χ0) is 12.3. The number of halogens is 1. The molecule has 0 saturated heterocycles. The Morgan fingerprint density at radius 3 is 2.71 bits per heavy atom. The van der Waals surface area contributed by atoms with Crippen LogP contribution in [-0.4, -0.2) is 15.2 Å². The first kappa shape index (κ1) is 12.4. The van der Waals surface area contributed by atoms with Gasteiger partial charge in [0.2, 0.25) is 0 Å². The van der Waals surface area contributed by atoms with Gasteiger partial charge in [-0.2, -0.15) is 4.98 Å². The minimum Gasteiger partial charge on any atom is -0.384 e. The minimum absolute atomic E-state index is 0.247. The van der Waals surface area contributed by atoms with Gasteiger partial charge in [-0.1, -0.05) is 16.8 Å². The maximum Gasteiger partial charge on any atom is 0.255 e. The molecule has 2 rings (SSSR count). The van der Waals surface area contributed by atoms with Crippen molar-refractivity contribution in [3.8, 4) is 0 Å². The second kappa shape index (κ2) is 5.53. The fourth-order valence-electron chi connectivity index (χ4n) is 1.17. The van der Waals surface area contributed by atoms with E-state index in [2.05, 4.69) is 10.1 Å². The van der Waals surface area contributed by atoms with Crippen LogP contribution in [-0.2, 0) is 5.75 Å². The van der Waals surface area contributed by atoms with E-state index < -0.39 is 6.10 Å². The molecule has 0 fully saturated rings. The third-order valence-electron chi connectivity index (χ3n) is 2.02. The van der Waals surface area contributed by atoms with E-state index in [-0.39, 0.29) is 5.89 Å². The average Bonchev–Trinajstić information content (AvgIpc) is 2.77. The molecular formula is C11H11ClN2O2S. The normalized spacial score (nSPS) is 12.6. The molecule has 1 atom stereocenters. The average molecular weight is 271 g/mol. The summed E-state index contributed by atoms with van der Waals surface area (Å²) in [4.78, 5) is 5.15. The van der Waals surface area contributed by atoms with Crippen molar-refractivity contribution >= 4 is 23.4 Å². The molecule has 0 aliphatic carbocycles. The molecule has 17 heavy (non-hydrogen) atoms. The number of aromatic nitrogens is 2. The van der Waals surface area contributed by atoms with Crippen LogP contribution in [0.1, 0.15) is 24.7 Å². The molecule has 0 amide bonds. The van der Waals surface area contributed by atoms with Crippen LogP contribution in [0.3, 0.4) is 0 Å². The highest BCUT2D eigenvalue weighted by atomic mass is 35.5. The third-order valence-corrected chi connectivity index (χ3v) is 3.28. The highest BCUT2D eigenvalue weighted by molar-refractivity contribution is 7.98. The summed E-state index contributed by atoms with van der Waals surface area (Å²) in [5.74, 6) is 1.41. The molecule has 6 heteroatoms. The van der Waals surface area contributed by atoms with Crippen LogP contribution in [0.5, 0.6) is 0 Å². The van der Waals surface area contributed by atoms with Gasteiger partial charge in [0.25, 0.3) is 5.89 Å². The Balaban J connectivity index is 1.95. The molecule has 0 unspecified atom stereocenters. The van der Waals surface area contributed by atoms with Crippen molar-refractivity contribution < 1.29 is 9.63 Å². The molecule has 0 bridgehead atoms. The Morgan fingerprint density at radius 2 is 2.12 bits per heavy atom. The van der Waals surface area contributed by atoms with Crippen LogP contribution in [0, 0.1) is 0 Å². The van der Waals surface area contributed by atoms with Crippen LogP contribution >= 0.6 is 23.4 Å². The molecule has 90 valence electrons. The maximum atomic E-state index is 9.24. The molecule has 1 aromatic heterocycles. The van der Waals surface area contributed by atoms with Crippen LogP contribution in [0.2, 0.25) is 5.02 Å². The van der Waals surface area contributed by atoms with E-state index in [4.69, 9.17) is 16.1 Å². The number of hydrogen-bond acceptors (Lipinski definition) is 5. The first-order valence-corrected chi connectivity index (χ1v) is 6.40. The highest BCUT2D eigenvalue weighted by Gasteiger charge is 2.11. The summed E-state index contributed by atoms with van der Waals surface area (Å²) in [5.41, 5.74) is 0. The maximum absolute atomic E-state index is 9.24. The fourth-order valence-corrected chi connectivity index (χ4v) is 2.04. The molecule has 2 aromatic rings. The molecule has 0 aliphatic rings. The molecule has 0 saturated carbocycles. The molecule has 0 aliphatic heterocycles. The highest BCUT2D eigenvalue weighted by Crippen LogP contribution is 2.23. The Bertz CT molecular complexity index is 484. The van der Waals surface area contributed by atoms with Crippen molar-refractivity contribution in [2.75, 3.05) is 0 Å². The van der Waals surface area contributed by atoms with Gasteiger partial charge in [0.05, 0.1) is 5.75 Å². The number of thioether (sulfide) groups is 1. The lowest BCUT2D eigenvalue weighted by Gasteiger charge is -1.97. The van der Waals surface area contributed by atoms with Gasteiger partial charge in [0, 0.05) is 9.92 Å². The van der Waals surface area contributed by atoms with Crippen molar-refractivity contribution in [3.63, 3.8) is 0 Å². The summed E-state index contributed by atoms with van der Waals surface area (Å²) in [6.45, 7) is 1.59. The minimum atomic E-state index is -0.725. The summed E-state index contributed by atoms with van der Waals surface area (Å²) < 4.78 is 4.89. The molecule has 0 radical (unpaired) electrons. The Labute approximate surface area is 108 Å². The standard InChI is InChI=1S/C11H11ClN2O2S/c1-7(15)11-13-10(14-16-11)6-17-9-4-2-8(12)3-5-9/h2-5,7,15H,6H2,1H3/t7-/m1/s1. The van der Waals surface area contributed by atoms with Gasteiger partial charge >= 0.3 is 0 Å². The number of aliphatic hydroxyl groups is 1. The predicted octanol–water partition coefficient (Wildman–Crippen LogP) is 3.07. The number of aliphatic hydroxyl groups excluding tert-OH is 1. The van der Waals surface area contributed by atoms with E-state index in [1.54, 1.807) is 18.7 Å². The van der Waals surface area contributed by atoms with E-state index >= 15 is 0 Å². The molecular weight excluding hydrogens is 260 g/mol. The quantitative estimate of drug-likeness (QED) is 0.865. The lowest BCUT2D eigenvalue weighted by molar-refractivity contribution is 0.151. The molecule has 0 spiro atoms. The zero-order valence-electron chi connectivity index (χ0n) is 9.13. The van der Waals surface area contributed by atoms with Gasteiger partial charge in [-0.05, 0) is 31.2 Å². The SMILES string of the molecule is C[C@@H](O)c1nc(CSc2ccc(Cl)cc2)no1. The Kier molecular flexibility index (Phi) is 4.04. The van der Waals surface area contributed by atoms with Gasteiger partial charge in [0.1, 0.15) is 6.10 Å². The van der Waals surface area contributed by atoms with Gasteiger partial charge in [-0.25, -0.2) is 0 Å². The van der Waals surface area contributed by atoms with Crippen molar-refractivity contribution in [2.45, 2.75) is 23.7 Å². The van der Waals surface area contributed by atoms with E-state index in [9.17, 15) is 5.11 Å². The van der Waals surface area contributed by atoms with Crippen molar-refractivity contribution in [2.24, 2.45) is 0 Å². The summed E-state index contributed by atoms with van der Waals surface area (Å²) in [7, 11) is 0. The Morgan fingerprint density at radius 1 is 1.41 bits per heavy atom. The number of hydrogen-bond donors (Lipinski definition) is 1. The number of benzene rings is 1. The molecule has 1 heterocycles. The van der Waals surface area contributed by atoms with Gasteiger partial charge in [-0.15, -0.1) is 11.8 Å². The largest absolute Gasteiger partial charge is 0.384 e. The number of rotatable bonds is 4. The first-order chi connectivity index (χ1) is 8.15. The van der Waals surface area contributed by atoms with Gasteiger partial charge in [-0.3, -0.25) is 0 Å². The molecule has 1 N–H and O–H groups in total. The lowest BCUT2D eigenvalue weighted by Crippen LogP contribution is -1.91. The third kappa shape index (κ3) is 3.46. The molecule has 4 nitrogen and oxygen atoms in total. The van der Waals surface area contributed by atoms with Crippen molar-refractivity contribution in [3.05, 3.63) is 41.0 Å². The van der Waals surface area contributed by atoms with E-state index in [1.807, 2.05) is 24.3 Å². The summed E-state index contributed by atoms with van der Waals surface area (Å²) in [6.07, 6.45) is -0.725. The van der Waals surface area contributed by atoms with Gasteiger partial charge < -0.3 is 9.63 Å². The monoisotopic (exact) mass is 270 g/mol.